The molecule has 14 nitrogen and oxygen atoms in total. The summed E-state index contributed by atoms with van der Waals surface area (Å²) in [5, 5.41) is 8.77. The number of fused-ring (bicyclic) bond motifs is 2. The Morgan fingerprint density at radius 3 is 2.25 bits per heavy atom. The number of aromatic nitrogens is 5. The first-order valence-corrected chi connectivity index (χ1v) is 23.7. The zero-order valence-electron chi connectivity index (χ0n) is 35.5. The Kier molecular flexibility index (Phi) is 12.9. The minimum absolute atomic E-state index is 0.0643. The van der Waals surface area contributed by atoms with Crippen LogP contribution in [0.25, 0.3) is 22.0 Å². The maximum absolute atomic E-state index is 15.7. The van der Waals surface area contributed by atoms with Crippen LogP contribution in [0.15, 0.2) is 55.1 Å². The number of halogens is 11. The van der Waals surface area contributed by atoms with Gasteiger partial charge in [0, 0.05) is 34.7 Å². The van der Waals surface area contributed by atoms with Crippen molar-refractivity contribution in [1.29, 1.82) is 0 Å². The summed E-state index contributed by atoms with van der Waals surface area (Å²) in [5.41, 5.74) is -5.36. The van der Waals surface area contributed by atoms with Crippen molar-refractivity contribution >= 4 is 60.2 Å². The van der Waals surface area contributed by atoms with Gasteiger partial charge in [0.15, 0.2) is 21.3 Å². The van der Waals surface area contributed by atoms with E-state index in [4.69, 9.17) is 11.6 Å². The lowest BCUT2D eigenvalue weighted by molar-refractivity contribution is -0.143. The van der Waals surface area contributed by atoms with Gasteiger partial charge in [-0.15, -0.1) is 6.58 Å². The van der Waals surface area contributed by atoms with E-state index in [0.717, 1.165) is 36.6 Å². The normalized spacial score (nSPS) is 17.8. The number of hydrogen-bond acceptors (Lipinski definition) is 9. The van der Waals surface area contributed by atoms with Gasteiger partial charge >= 0.3 is 22.6 Å². The predicted molar refractivity (Wildman–Crippen MR) is 225 cm³/mol. The van der Waals surface area contributed by atoms with Gasteiger partial charge in [-0.25, -0.2) is 17.2 Å². The molecule has 0 saturated carbocycles. The molecule has 0 unspecified atom stereocenters. The second kappa shape index (κ2) is 17.4. The van der Waals surface area contributed by atoms with Gasteiger partial charge in [-0.3, -0.25) is 23.9 Å². The number of benzene rings is 2. The summed E-state index contributed by atoms with van der Waals surface area (Å²) in [6.07, 6.45) is -10.3. The van der Waals surface area contributed by atoms with Crippen molar-refractivity contribution in [3.8, 4) is 11.1 Å². The second-order valence-corrected chi connectivity index (χ2v) is 21.4. The van der Waals surface area contributed by atoms with Gasteiger partial charge in [-0.1, -0.05) is 29.8 Å². The Morgan fingerprint density at radius 1 is 1.03 bits per heavy atom. The molecule has 1 fully saturated rings. The molecule has 0 bridgehead atoms. The molecule has 1 aliphatic carbocycles. The highest BCUT2D eigenvalue weighted by atomic mass is 35.5. The maximum atomic E-state index is 15.7. The van der Waals surface area contributed by atoms with E-state index < -0.39 is 150 Å². The van der Waals surface area contributed by atoms with Gasteiger partial charge in [0.2, 0.25) is 5.91 Å². The molecule has 1 saturated heterocycles. The number of hydrogen-bond donors (Lipinski definition) is 2. The monoisotopic (exact) mass is 1030 g/mol. The SMILES string of the molecule is C=C[C@@H]1Cc2c(C(F)(F)F)nn(CC(=O)N[C@@H](Cc3cc(F)cc(F)c3)c3nc(CCC(C)(C)S(C)(=O)=O)ccc3-c3ccc(Cl)c4c(N5C(=O)CNS5(=O)=O)nn(CC(F)(F)F)c34)c2C1(F)F. The summed E-state index contributed by atoms with van der Waals surface area (Å²) < 4.78 is 199. The third kappa shape index (κ3) is 9.68. The number of anilines is 1. The van der Waals surface area contributed by atoms with Crippen molar-refractivity contribution in [1.82, 2.24) is 34.6 Å². The molecule has 2 atom stereocenters. The van der Waals surface area contributed by atoms with E-state index in [-0.39, 0.29) is 49.9 Å². The summed E-state index contributed by atoms with van der Waals surface area (Å²) in [7, 11) is -8.45. The first kappa shape index (κ1) is 50.3. The van der Waals surface area contributed by atoms with Crippen LogP contribution in [0.5, 0.6) is 0 Å². The minimum atomic E-state index is -5.25. The van der Waals surface area contributed by atoms with Crippen molar-refractivity contribution in [3.05, 3.63) is 106 Å². The molecule has 7 rings (SSSR count). The number of carbonyl (C=O) groups is 2. The highest BCUT2D eigenvalue weighted by Crippen LogP contribution is 2.50. The van der Waals surface area contributed by atoms with Crippen LogP contribution in [0.3, 0.4) is 0 Å². The largest absolute Gasteiger partial charge is 0.435 e. The van der Waals surface area contributed by atoms with E-state index in [9.17, 15) is 61.5 Å². The molecule has 0 radical (unpaired) electrons. The molecule has 3 aromatic heterocycles. The molecule has 366 valence electrons. The molecular formula is C41H37ClF10N8O6S2. The van der Waals surface area contributed by atoms with Crippen molar-refractivity contribution < 1.29 is 70.3 Å². The highest BCUT2D eigenvalue weighted by Gasteiger charge is 2.55. The van der Waals surface area contributed by atoms with E-state index in [2.05, 4.69) is 27.1 Å². The first-order valence-electron chi connectivity index (χ1n) is 20.0. The van der Waals surface area contributed by atoms with Crippen molar-refractivity contribution in [2.75, 3.05) is 17.1 Å². The van der Waals surface area contributed by atoms with Gasteiger partial charge in [-0.2, -0.15) is 62.8 Å². The topological polar surface area (TPSA) is 178 Å². The summed E-state index contributed by atoms with van der Waals surface area (Å²) >= 11 is 6.55. The minimum Gasteiger partial charge on any atom is -0.346 e. The summed E-state index contributed by atoms with van der Waals surface area (Å²) in [5.74, 6) is -11.4. The third-order valence-electron chi connectivity index (χ3n) is 11.6. The lowest BCUT2D eigenvalue weighted by atomic mass is 9.93. The lowest BCUT2D eigenvalue weighted by Crippen LogP contribution is -2.35. The summed E-state index contributed by atoms with van der Waals surface area (Å²) in [4.78, 5) is 31.7. The van der Waals surface area contributed by atoms with Crippen LogP contribution >= 0.6 is 11.6 Å². The van der Waals surface area contributed by atoms with E-state index in [1.54, 1.807) is 0 Å². The van der Waals surface area contributed by atoms with Crippen LogP contribution in [-0.2, 0) is 74.1 Å². The molecule has 2 amide bonds. The Labute approximate surface area is 385 Å². The van der Waals surface area contributed by atoms with Crippen LogP contribution in [-0.4, -0.2) is 76.9 Å². The standard InChI is InChI=1S/C41H37ClF10N8O6S2/c1-5-21-15-27-35(41(50,51)52)56-58(36(27)40(21,48)49)18-30(61)55-29(14-20-12-22(43)16-23(44)13-20)33-25(7-6-24(54-33)10-11-38(2,3)67(4,63)64)26-8-9-28(42)32-34(26)59(19-39(45,46)47)57-37(32)60-31(62)17-53-68(60,65)66/h5-9,12-13,16,21,29,53H,1,10-11,14-15,17-19H2,2-4H3,(H,55,61)/t21-,29+/m1/s1. The summed E-state index contributed by atoms with van der Waals surface area (Å²) in [6.45, 7) is 2.09. The number of sulfone groups is 1. The number of allylic oxidation sites excluding steroid dienone is 1. The third-order valence-corrected chi connectivity index (χ3v) is 15.5. The van der Waals surface area contributed by atoms with Gasteiger partial charge in [0.05, 0.1) is 44.9 Å². The number of carbonyl (C=O) groups excluding carboxylic acids is 2. The van der Waals surface area contributed by atoms with Gasteiger partial charge in [-0.05, 0) is 69.4 Å². The van der Waals surface area contributed by atoms with E-state index in [1.165, 1.54) is 26.0 Å². The predicted octanol–water partition coefficient (Wildman–Crippen LogP) is 7.29. The molecule has 0 spiro atoms. The Hall–Kier alpha value is -5.60. The number of aryl methyl sites for hydroxylation is 1. The molecule has 2 aromatic carbocycles. The number of rotatable bonds is 14. The fourth-order valence-electron chi connectivity index (χ4n) is 8.04. The van der Waals surface area contributed by atoms with Crippen LogP contribution in [0, 0.1) is 17.6 Å². The quantitative estimate of drug-likeness (QED) is 0.0854. The van der Waals surface area contributed by atoms with Crippen molar-refractivity contribution in [2.45, 2.75) is 81.7 Å². The van der Waals surface area contributed by atoms with Crippen LogP contribution in [0.2, 0.25) is 5.02 Å². The van der Waals surface area contributed by atoms with Crippen LogP contribution in [0.4, 0.5) is 49.7 Å². The fourth-order valence-corrected chi connectivity index (χ4v) is 9.88. The maximum Gasteiger partial charge on any atom is 0.435 e. The number of alkyl halides is 8. The average molecular weight is 1030 g/mol. The average Bonchev–Trinajstić information content (AvgIpc) is 3.90. The Bertz CT molecular complexity index is 3100. The van der Waals surface area contributed by atoms with Gasteiger partial charge in [0.1, 0.15) is 30.4 Å². The molecule has 68 heavy (non-hydrogen) atoms. The van der Waals surface area contributed by atoms with Crippen molar-refractivity contribution in [2.24, 2.45) is 5.92 Å². The zero-order chi connectivity index (χ0) is 50.3. The van der Waals surface area contributed by atoms with Gasteiger partial charge < -0.3 is 5.32 Å². The zero-order valence-corrected chi connectivity index (χ0v) is 37.9. The van der Waals surface area contributed by atoms with Crippen LogP contribution in [0.1, 0.15) is 60.2 Å². The summed E-state index contributed by atoms with van der Waals surface area (Å²) in [6, 6.07) is 5.29. The van der Waals surface area contributed by atoms with Crippen LogP contribution < -0.4 is 14.3 Å². The molecule has 27 heteroatoms. The molecule has 2 aliphatic rings. The van der Waals surface area contributed by atoms with Gasteiger partial charge in [0.25, 0.3) is 11.8 Å². The Morgan fingerprint density at radius 2 is 1.68 bits per heavy atom. The second-order valence-electron chi connectivity index (χ2n) is 16.8. The molecule has 2 N–H and O–H groups in total. The lowest BCUT2D eigenvalue weighted by Gasteiger charge is -2.25. The van der Waals surface area contributed by atoms with E-state index >= 15 is 8.78 Å². The molecule has 1 aliphatic heterocycles. The highest BCUT2D eigenvalue weighted by molar-refractivity contribution is 7.92. The Balaban J connectivity index is 1.46. The number of amides is 2. The van der Waals surface area contributed by atoms with Crippen molar-refractivity contribution in [3.63, 3.8) is 0 Å². The fraction of sp³-hybridized carbons (Fsp3) is 0.390. The molecule has 5 aromatic rings. The smallest absolute Gasteiger partial charge is 0.346 e. The first-order chi connectivity index (χ1) is 31.3. The number of nitrogens with zero attached hydrogens (tertiary/aromatic N) is 6. The number of pyridine rings is 1. The van der Waals surface area contributed by atoms with E-state index in [1.807, 2.05) is 4.72 Å². The number of nitrogens with one attached hydrogen (secondary N) is 2. The molecule has 4 heterocycles. The van der Waals surface area contributed by atoms with E-state index in [0.29, 0.717) is 10.7 Å². The molecular weight excluding hydrogens is 990 g/mol.